The second kappa shape index (κ2) is 8.88. The standard InChI is InChI=1S/C18H17FN2O2S/c1-13-6-9-15(10-7-13)24-12-18(23)21-20-17(22)11-8-14-4-2-3-5-16(14)19/h2-11H,12H2,1H3,(H,20,22)(H,21,23)/b11-8+. The van der Waals surface area contributed by atoms with E-state index in [1.54, 1.807) is 18.2 Å². The molecule has 0 aromatic heterocycles. The van der Waals surface area contributed by atoms with Crippen molar-refractivity contribution >= 4 is 29.7 Å². The van der Waals surface area contributed by atoms with Gasteiger partial charge < -0.3 is 0 Å². The van der Waals surface area contributed by atoms with E-state index in [9.17, 15) is 14.0 Å². The third-order valence-corrected chi connectivity index (χ3v) is 4.05. The number of hydrazine groups is 1. The summed E-state index contributed by atoms with van der Waals surface area (Å²) >= 11 is 1.37. The molecule has 2 aromatic carbocycles. The summed E-state index contributed by atoms with van der Waals surface area (Å²) in [6, 6.07) is 13.9. The highest BCUT2D eigenvalue weighted by molar-refractivity contribution is 8.00. The maximum atomic E-state index is 13.4. The molecule has 124 valence electrons. The third-order valence-electron chi connectivity index (χ3n) is 3.04. The van der Waals surface area contributed by atoms with Crippen LogP contribution in [0.25, 0.3) is 6.08 Å². The highest BCUT2D eigenvalue weighted by atomic mass is 32.2. The van der Waals surface area contributed by atoms with E-state index in [1.165, 1.54) is 23.9 Å². The van der Waals surface area contributed by atoms with Crippen molar-refractivity contribution < 1.29 is 14.0 Å². The van der Waals surface area contributed by atoms with Crippen LogP contribution in [0.3, 0.4) is 0 Å². The van der Waals surface area contributed by atoms with Gasteiger partial charge in [-0.15, -0.1) is 11.8 Å². The van der Waals surface area contributed by atoms with Crippen molar-refractivity contribution in [2.75, 3.05) is 5.75 Å². The topological polar surface area (TPSA) is 58.2 Å². The van der Waals surface area contributed by atoms with Crippen molar-refractivity contribution in [1.82, 2.24) is 10.9 Å². The number of thioether (sulfide) groups is 1. The van der Waals surface area contributed by atoms with Gasteiger partial charge in [0.2, 0.25) is 5.91 Å². The number of nitrogens with one attached hydrogen (secondary N) is 2. The molecule has 2 aromatic rings. The van der Waals surface area contributed by atoms with Crippen LogP contribution in [-0.2, 0) is 9.59 Å². The quantitative estimate of drug-likeness (QED) is 0.498. The highest BCUT2D eigenvalue weighted by Crippen LogP contribution is 2.17. The van der Waals surface area contributed by atoms with Gasteiger partial charge in [-0.05, 0) is 31.2 Å². The first-order valence-electron chi connectivity index (χ1n) is 7.25. The van der Waals surface area contributed by atoms with E-state index in [-0.39, 0.29) is 11.7 Å². The number of hydrogen-bond acceptors (Lipinski definition) is 3. The Hall–Kier alpha value is -2.60. The molecule has 2 rings (SSSR count). The fourth-order valence-electron chi connectivity index (χ4n) is 1.77. The highest BCUT2D eigenvalue weighted by Gasteiger charge is 2.04. The molecule has 0 aliphatic carbocycles. The molecule has 0 fully saturated rings. The van der Waals surface area contributed by atoms with E-state index in [0.717, 1.165) is 16.5 Å². The van der Waals surface area contributed by atoms with Gasteiger partial charge >= 0.3 is 0 Å². The van der Waals surface area contributed by atoms with Crippen molar-refractivity contribution in [3.63, 3.8) is 0 Å². The Morgan fingerprint density at radius 3 is 2.50 bits per heavy atom. The Balaban J connectivity index is 1.74. The molecule has 0 saturated heterocycles. The molecule has 0 bridgehead atoms. The molecule has 2 N–H and O–H groups in total. The second-order valence-corrected chi connectivity index (χ2v) is 6.04. The first-order chi connectivity index (χ1) is 11.5. The van der Waals surface area contributed by atoms with Crippen molar-refractivity contribution in [2.24, 2.45) is 0 Å². The lowest BCUT2D eigenvalue weighted by Gasteiger charge is -2.05. The van der Waals surface area contributed by atoms with Crippen LogP contribution in [0.15, 0.2) is 59.5 Å². The maximum Gasteiger partial charge on any atom is 0.262 e. The molecule has 0 aliphatic rings. The number of carbonyl (C=O) groups is 2. The van der Waals surface area contributed by atoms with Crippen LogP contribution in [0.2, 0.25) is 0 Å². The number of hydrogen-bond donors (Lipinski definition) is 2. The van der Waals surface area contributed by atoms with Gasteiger partial charge in [0.25, 0.3) is 5.91 Å². The molecule has 0 aliphatic heterocycles. The predicted octanol–water partition coefficient (Wildman–Crippen LogP) is 3.09. The number of amides is 2. The molecule has 4 nitrogen and oxygen atoms in total. The summed E-state index contributed by atoms with van der Waals surface area (Å²) in [4.78, 5) is 24.3. The van der Waals surface area contributed by atoms with Crippen LogP contribution in [0.4, 0.5) is 4.39 Å². The Morgan fingerprint density at radius 1 is 1.08 bits per heavy atom. The van der Waals surface area contributed by atoms with E-state index in [0.29, 0.717) is 5.56 Å². The Labute approximate surface area is 144 Å². The van der Waals surface area contributed by atoms with Crippen molar-refractivity contribution in [1.29, 1.82) is 0 Å². The second-order valence-electron chi connectivity index (χ2n) is 4.99. The number of rotatable bonds is 5. The number of carbonyl (C=O) groups excluding carboxylic acids is 2. The van der Waals surface area contributed by atoms with Gasteiger partial charge in [-0.2, -0.15) is 0 Å². The molecular formula is C18H17FN2O2S. The van der Waals surface area contributed by atoms with Gasteiger partial charge in [-0.1, -0.05) is 35.9 Å². The van der Waals surface area contributed by atoms with Gasteiger partial charge in [0.05, 0.1) is 5.75 Å². The number of halogens is 1. The molecular weight excluding hydrogens is 327 g/mol. The van der Waals surface area contributed by atoms with E-state index in [1.807, 2.05) is 31.2 Å². The zero-order chi connectivity index (χ0) is 17.4. The van der Waals surface area contributed by atoms with Gasteiger partial charge in [-0.25, -0.2) is 4.39 Å². The van der Waals surface area contributed by atoms with Gasteiger partial charge in [0.1, 0.15) is 5.82 Å². The molecule has 24 heavy (non-hydrogen) atoms. The SMILES string of the molecule is Cc1ccc(SCC(=O)NNC(=O)/C=C/c2ccccc2F)cc1. The normalized spacial score (nSPS) is 10.6. The minimum absolute atomic E-state index is 0.181. The molecule has 0 radical (unpaired) electrons. The summed E-state index contributed by atoms with van der Waals surface area (Å²) in [6.07, 6.45) is 2.50. The molecule has 0 saturated carbocycles. The van der Waals surface area contributed by atoms with E-state index < -0.39 is 11.7 Å². The summed E-state index contributed by atoms with van der Waals surface area (Å²) in [5, 5.41) is 0. The average Bonchev–Trinajstić information content (AvgIpc) is 2.58. The lowest BCUT2D eigenvalue weighted by Crippen LogP contribution is -2.41. The zero-order valence-electron chi connectivity index (χ0n) is 13.1. The minimum atomic E-state index is -0.535. The fourth-order valence-corrected chi connectivity index (χ4v) is 2.47. The first-order valence-corrected chi connectivity index (χ1v) is 8.24. The van der Waals surface area contributed by atoms with E-state index >= 15 is 0 Å². The number of benzene rings is 2. The van der Waals surface area contributed by atoms with Crippen LogP contribution in [0.5, 0.6) is 0 Å². The van der Waals surface area contributed by atoms with Crippen molar-refractivity contribution in [3.8, 4) is 0 Å². The Kier molecular flexibility index (Phi) is 6.57. The van der Waals surface area contributed by atoms with Crippen molar-refractivity contribution in [3.05, 3.63) is 71.6 Å². The monoisotopic (exact) mass is 344 g/mol. The zero-order valence-corrected chi connectivity index (χ0v) is 13.9. The molecule has 0 spiro atoms. The summed E-state index contributed by atoms with van der Waals surface area (Å²) in [7, 11) is 0. The largest absolute Gasteiger partial charge is 0.272 e. The molecule has 0 unspecified atom stereocenters. The summed E-state index contributed by atoms with van der Waals surface area (Å²) in [5.74, 6) is -1.10. The molecule has 0 atom stereocenters. The van der Waals surface area contributed by atoms with E-state index in [4.69, 9.17) is 0 Å². The van der Waals surface area contributed by atoms with Gasteiger partial charge in [-0.3, -0.25) is 20.4 Å². The number of aryl methyl sites for hydroxylation is 1. The van der Waals surface area contributed by atoms with Crippen LogP contribution < -0.4 is 10.9 Å². The fraction of sp³-hybridized carbons (Fsp3) is 0.111. The lowest BCUT2D eigenvalue weighted by atomic mass is 10.2. The summed E-state index contributed by atoms with van der Waals surface area (Å²) in [5.41, 5.74) is 6.02. The Bertz CT molecular complexity index is 745. The van der Waals surface area contributed by atoms with E-state index in [2.05, 4.69) is 10.9 Å². The van der Waals surface area contributed by atoms with Crippen LogP contribution in [0.1, 0.15) is 11.1 Å². The van der Waals surface area contributed by atoms with Gasteiger partial charge in [0, 0.05) is 16.5 Å². The molecule has 0 heterocycles. The summed E-state index contributed by atoms with van der Waals surface area (Å²) in [6.45, 7) is 1.99. The third kappa shape index (κ3) is 5.89. The van der Waals surface area contributed by atoms with Crippen LogP contribution >= 0.6 is 11.8 Å². The first kappa shape index (κ1) is 17.7. The van der Waals surface area contributed by atoms with Crippen LogP contribution in [-0.4, -0.2) is 17.6 Å². The van der Waals surface area contributed by atoms with Crippen molar-refractivity contribution in [2.45, 2.75) is 11.8 Å². The smallest absolute Gasteiger partial charge is 0.262 e. The maximum absolute atomic E-state index is 13.4. The predicted molar refractivity (Wildman–Crippen MR) is 93.6 cm³/mol. The lowest BCUT2D eigenvalue weighted by molar-refractivity contribution is -0.125. The summed E-state index contributed by atoms with van der Waals surface area (Å²) < 4.78 is 13.4. The average molecular weight is 344 g/mol. The van der Waals surface area contributed by atoms with Gasteiger partial charge in [0.15, 0.2) is 0 Å². The Morgan fingerprint density at radius 2 is 1.79 bits per heavy atom. The molecule has 2 amide bonds. The molecule has 6 heteroatoms. The van der Waals surface area contributed by atoms with Crippen LogP contribution in [0, 0.1) is 12.7 Å². The minimum Gasteiger partial charge on any atom is -0.272 e.